The molecule has 1 aliphatic heterocycles. The van der Waals surface area contributed by atoms with E-state index in [0.29, 0.717) is 6.54 Å². The maximum atomic E-state index is 11.5. The molecule has 80 valence electrons. The van der Waals surface area contributed by atoms with Gasteiger partial charge in [-0.2, -0.15) is 0 Å². The Morgan fingerprint density at radius 2 is 1.86 bits per heavy atom. The van der Waals surface area contributed by atoms with E-state index in [-0.39, 0.29) is 5.91 Å². The number of carbonyl (C=O) groups excluding carboxylic acids is 2. The van der Waals surface area contributed by atoms with Crippen LogP contribution in [0.15, 0.2) is 0 Å². The maximum absolute atomic E-state index is 11.5. The highest BCUT2D eigenvalue weighted by Crippen LogP contribution is 2.08. The van der Waals surface area contributed by atoms with Crippen molar-refractivity contribution in [3.8, 4) is 0 Å². The Labute approximate surface area is 84.7 Å². The number of rotatable bonds is 2. The Kier molecular flexibility index (Phi) is 4.43. The van der Waals surface area contributed by atoms with E-state index in [2.05, 4.69) is 5.32 Å². The summed E-state index contributed by atoms with van der Waals surface area (Å²) < 4.78 is 0. The highest BCUT2D eigenvalue weighted by Gasteiger charge is 2.22. The van der Waals surface area contributed by atoms with Crippen LogP contribution in [0.4, 0.5) is 0 Å². The number of piperidine rings is 1. The van der Waals surface area contributed by atoms with E-state index in [9.17, 15) is 9.59 Å². The van der Waals surface area contributed by atoms with Gasteiger partial charge >= 0.3 is 11.8 Å². The zero-order chi connectivity index (χ0) is 10.4. The number of likely N-dealkylation sites (tertiary alicyclic amines) is 1. The lowest BCUT2D eigenvalue weighted by atomic mass is 10.1. The summed E-state index contributed by atoms with van der Waals surface area (Å²) in [6.07, 6.45) is 4.07. The second-order valence-electron chi connectivity index (χ2n) is 3.61. The number of hydrogen-bond acceptors (Lipinski definition) is 2. The quantitative estimate of drug-likeness (QED) is 0.658. The maximum Gasteiger partial charge on any atom is 0.311 e. The normalized spacial score (nSPS) is 16.5. The van der Waals surface area contributed by atoms with Crippen LogP contribution >= 0.6 is 0 Å². The van der Waals surface area contributed by atoms with Gasteiger partial charge in [0.15, 0.2) is 0 Å². The van der Waals surface area contributed by atoms with Gasteiger partial charge in [0.2, 0.25) is 0 Å². The summed E-state index contributed by atoms with van der Waals surface area (Å²) >= 11 is 0. The predicted molar refractivity (Wildman–Crippen MR) is 53.7 cm³/mol. The average molecular weight is 198 g/mol. The molecule has 4 nitrogen and oxygen atoms in total. The van der Waals surface area contributed by atoms with Gasteiger partial charge in [-0.05, 0) is 25.7 Å². The van der Waals surface area contributed by atoms with Gasteiger partial charge in [0.05, 0.1) is 0 Å². The summed E-state index contributed by atoms with van der Waals surface area (Å²) in [4.78, 5) is 24.5. The number of hydrogen-bond donors (Lipinski definition) is 1. The molecule has 0 radical (unpaired) electrons. The van der Waals surface area contributed by atoms with Crippen molar-refractivity contribution < 1.29 is 9.59 Å². The van der Waals surface area contributed by atoms with E-state index in [4.69, 9.17) is 0 Å². The van der Waals surface area contributed by atoms with Crippen LogP contribution in [0.5, 0.6) is 0 Å². The second kappa shape index (κ2) is 5.62. The van der Waals surface area contributed by atoms with Crippen molar-refractivity contribution in [3.05, 3.63) is 0 Å². The number of nitrogens with one attached hydrogen (secondary N) is 1. The summed E-state index contributed by atoms with van der Waals surface area (Å²) in [7, 11) is 0. The van der Waals surface area contributed by atoms with Gasteiger partial charge in [-0.1, -0.05) is 6.92 Å². The molecule has 0 unspecified atom stereocenters. The molecule has 0 saturated carbocycles. The van der Waals surface area contributed by atoms with Crippen LogP contribution in [0.3, 0.4) is 0 Å². The average Bonchev–Trinajstić information content (AvgIpc) is 2.26. The van der Waals surface area contributed by atoms with E-state index in [1.807, 2.05) is 6.92 Å². The molecular formula is C10H18N2O2. The van der Waals surface area contributed by atoms with Gasteiger partial charge in [-0.15, -0.1) is 0 Å². The van der Waals surface area contributed by atoms with Crippen LogP contribution in [0.1, 0.15) is 32.6 Å². The molecule has 0 aromatic carbocycles. The van der Waals surface area contributed by atoms with E-state index < -0.39 is 5.91 Å². The SMILES string of the molecule is CCCNC(=O)C(=O)N1CCCCC1. The Morgan fingerprint density at radius 3 is 2.43 bits per heavy atom. The van der Waals surface area contributed by atoms with E-state index in [1.165, 1.54) is 6.42 Å². The number of carbonyl (C=O) groups is 2. The largest absolute Gasteiger partial charge is 0.348 e. The molecule has 1 heterocycles. The lowest BCUT2D eigenvalue weighted by molar-refractivity contribution is -0.146. The van der Waals surface area contributed by atoms with Crippen molar-refractivity contribution in [3.63, 3.8) is 0 Å². The molecule has 4 heteroatoms. The fourth-order valence-corrected chi connectivity index (χ4v) is 1.55. The third-order valence-corrected chi connectivity index (χ3v) is 2.37. The summed E-state index contributed by atoms with van der Waals surface area (Å²) in [5.41, 5.74) is 0. The molecule has 2 amide bonds. The van der Waals surface area contributed by atoms with Gasteiger partial charge in [0, 0.05) is 19.6 Å². The van der Waals surface area contributed by atoms with Crippen LogP contribution in [0.25, 0.3) is 0 Å². The number of nitrogens with zero attached hydrogens (tertiary/aromatic N) is 1. The van der Waals surface area contributed by atoms with E-state index in [0.717, 1.165) is 32.4 Å². The van der Waals surface area contributed by atoms with E-state index in [1.54, 1.807) is 4.90 Å². The minimum Gasteiger partial charge on any atom is -0.348 e. The first-order valence-electron chi connectivity index (χ1n) is 5.32. The zero-order valence-corrected chi connectivity index (χ0v) is 8.71. The Bertz CT molecular complexity index is 210. The summed E-state index contributed by atoms with van der Waals surface area (Å²) in [5, 5.41) is 2.60. The van der Waals surface area contributed by atoms with Gasteiger partial charge in [0.1, 0.15) is 0 Å². The van der Waals surface area contributed by atoms with Crippen molar-refractivity contribution in [2.45, 2.75) is 32.6 Å². The Balaban J connectivity index is 2.34. The molecule has 1 fully saturated rings. The first kappa shape index (κ1) is 11.0. The third kappa shape index (κ3) is 3.01. The molecule has 1 aliphatic rings. The molecule has 0 spiro atoms. The van der Waals surface area contributed by atoms with Gasteiger partial charge in [-0.3, -0.25) is 9.59 Å². The van der Waals surface area contributed by atoms with Crippen LogP contribution < -0.4 is 5.32 Å². The first-order chi connectivity index (χ1) is 6.75. The topological polar surface area (TPSA) is 49.4 Å². The van der Waals surface area contributed by atoms with Crippen LogP contribution in [-0.4, -0.2) is 36.3 Å². The van der Waals surface area contributed by atoms with Crippen LogP contribution in [-0.2, 0) is 9.59 Å². The van der Waals surface area contributed by atoms with Gasteiger partial charge < -0.3 is 10.2 Å². The van der Waals surface area contributed by atoms with Crippen molar-refractivity contribution in [2.75, 3.05) is 19.6 Å². The van der Waals surface area contributed by atoms with Gasteiger partial charge in [-0.25, -0.2) is 0 Å². The minimum absolute atomic E-state index is 0.363. The zero-order valence-electron chi connectivity index (χ0n) is 8.71. The molecule has 0 aliphatic carbocycles. The van der Waals surface area contributed by atoms with Crippen molar-refractivity contribution in [1.82, 2.24) is 10.2 Å². The fourth-order valence-electron chi connectivity index (χ4n) is 1.55. The number of amides is 2. The smallest absolute Gasteiger partial charge is 0.311 e. The predicted octanol–water partition coefficient (Wildman–Crippen LogP) is 0.525. The summed E-state index contributed by atoms with van der Waals surface area (Å²) in [6.45, 7) is 4.01. The van der Waals surface area contributed by atoms with Crippen LogP contribution in [0, 0.1) is 0 Å². The fraction of sp³-hybridized carbons (Fsp3) is 0.800. The molecule has 14 heavy (non-hydrogen) atoms. The summed E-state index contributed by atoms with van der Waals surface area (Å²) in [5.74, 6) is -0.813. The molecular weight excluding hydrogens is 180 g/mol. The second-order valence-corrected chi connectivity index (χ2v) is 3.61. The van der Waals surface area contributed by atoms with E-state index >= 15 is 0 Å². The highest BCUT2D eigenvalue weighted by atomic mass is 16.2. The molecule has 0 aromatic rings. The van der Waals surface area contributed by atoms with Gasteiger partial charge in [0.25, 0.3) is 0 Å². The van der Waals surface area contributed by atoms with Crippen molar-refractivity contribution >= 4 is 11.8 Å². The standard InChI is InChI=1S/C10H18N2O2/c1-2-6-11-9(13)10(14)12-7-4-3-5-8-12/h2-8H2,1H3,(H,11,13). The Morgan fingerprint density at radius 1 is 1.21 bits per heavy atom. The monoisotopic (exact) mass is 198 g/mol. The highest BCUT2D eigenvalue weighted by molar-refractivity contribution is 6.35. The van der Waals surface area contributed by atoms with Crippen molar-refractivity contribution in [2.24, 2.45) is 0 Å². The molecule has 1 rings (SSSR count). The molecule has 0 aromatic heterocycles. The molecule has 1 N–H and O–H groups in total. The van der Waals surface area contributed by atoms with Crippen LogP contribution in [0.2, 0.25) is 0 Å². The van der Waals surface area contributed by atoms with Crippen molar-refractivity contribution in [1.29, 1.82) is 0 Å². The minimum atomic E-state index is -0.450. The first-order valence-corrected chi connectivity index (χ1v) is 5.32. The lowest BCUT2D eigenvalue weighted by Crippen LogP contribution is -2.45. The molecule has 1 saturated heterocycles. The summed E-state index contributed by atoms with van der Waals surface area (Å²) in [6, 6.07) is 0. The lowest BCUT2D eigenvalue weighted by Gasteiger charge is -2.25. The molecule has 0 bridgehead atoms. The molecule has 0 atom stereocenters. The third-order valence-electron chi connectivity index (χ3n) is 2.37. The Hall–Kier alpha value is -1.06.